The zero-order valence-electron chi connectivity index (χ0n) is 11.4. The third-order valence-corrected chi connectivity index (χ3v) is 3.65. The summed E-state index contributed by atoms with van der Waals surface area (Å²) in [5.41, 5.74) is 2.35. The third kappa shape index (κ3) is 3.35. The van der Waals surface area contributed by atoms with E-state index in [1.807, 2.05) is 6.92 Å². The molecule has 0 amide bonds. The molecule has 0 fully saturated rings. The highest BCUT2D eigenvalue weighted by Gasteiger charge is 2.16. The monoisotopic (exact) mass is 295 g/mol. The van der Waals surface area contributed by atoms with Gasteiger partial charge >= 0.3 is 0 Å². The summed E-state index contributed by atoms with van der Waals surface area (Å²) in [5.74, 6) is -0.560. The Bertz CT molecular complexity index is 613. The van der Waals surface area contributed by atoms with Crippen molar-refractivity contribution in [2.45, 2.75) is 19.4 Å². The predicted octanol–water partition coefficient (Wildman–Crippen LogP) is 4.43. The first-order valence-corrected chi connectivity index (χ1v) is 6.76. The van der Waals surface area contributed by atoms with Crippen molar-refractivity contribution in [1.82, 2.24) is 5.32 Å². The van der Waals surface area contributed by atoms with Crippen molar-refractivity contribution in [3.63, 3.8) is 0 Å². The van der Waals surface area contributed by atoms with E-state index in [1.54, 1.807) is 19.2 Å². The van der Waals surface area contributed by atoms with E-state index >= 15 is 0 Å². The van der Waals surface area contributed by atoms with Gasteiger partial charge < -0.3 is 5.32 Å². The quantitative estimate of drug-likeness (QED) is 0.880. The molecular formula is C16H16ClF2N. The second-order valence-corrected chi connectivity index (χ2v) is 5.22. The highest BCUT2D eigenvalue weighted by atomic mass is 35.5. The van der Waals surface area contributed by atoms with Gasteiger partial charge in [-0.25, -0.2) is 8.78 Å². The van der Waals surface area contributed by atoms with Crippen molar-refractivity contribution in [2.75, 3.05) is 7.05 Å². The molecule has 4 heteroatoms. The fourth-order valence-electron chi connectivity index (χ4n) is 2.26. The van der Waals surface area contributed by atoms with E-state index in [2.05, 4.69) is 5.32 Å². The molecule has 20 heavy (non-hydrogen) atoms. The normalized spacial score (nSPS) is 12.4. The van der Waals surface area contributed by atoms with Crippen LogP contribution in [0.15, 0.2) is 36.4 Å². The maximum absolute atomic E-state index is 13.9. The lowest BCUT2D eigenvalue weighted by Crippen LogP contribution is -2.20. The second-order valence-electron chi connectivity index (χ2n) is 4.78. The van der Waals surface area contributed by atoms with E-state index in [0.717, 1.165) is 11.1 Å². The molecule has 1 N–H and O–H groups in total. The average molecular weight is 296 g/mol. The maximum atomic E-state index is 13.9. The zero-order chi connectivity index (χ0) is 14.7. The lowest BCUT2D eigenvalue weighted by atomic mass is 9.96. The summed E-state index contributed by atoms with van der Waals surface area (Å²) in [6.45, 7) is 1.85. The molecule has 0 saturated carbocycles. The summed E-state index contributed by atoms with van der Waals surface area (Å²) >= 11 is 5.93. The third-order valence-electron chi connectivity index (χ3n) is 3.41. The number of hydrogen-bond donors (Lipinski definition) is 1. The van der Waals surface area contributed by atoms with Gasteiger partial charge in [0.05, 0.1) is 0 Å². The highest BCUT2D eigenvalue weighted by Crippen LogP contribution is 2.25. The molecule has 0 heterocycles. The molecule has 1 atom stereocenters. The number of hydrogen-bond acceptors (Lipinski definition) is 1. The van der Waals surface area contributed by atoms with Gasteiger partial charge in [0.2, 0.25) is 0 Å². The Morgan fingerprint density at radius 2 is 1.90 bits per heavy atom. The minimum atomic E-state index is -0.298. The van der Waals surface area contributed by atoms with Gasteiger partial charge in [0.15, 0.2) is 0 Å². The van der Waals surface area contributed by atoms with Gasteiger partial charge in [-0.3, -0.25) is 0 Å². The first kappa shape index (κ1) is 14.9. The molecule has 2 aromatic rings. The fourth-order valence-corrected chi connectivity index (χ4v) is 2.44. The summed E-state index contributed by atoms with van der Waals surface area (Å²) < 4.78 is 27.0. The molecule has 2 aromatic carbocycles. The SMILES string of the molecule is CNC(Cc1ccc(F)cc1C)c1cc(Cl)ccc1F. The molecular weight excluding hydrogens is 280 g/mol. The van der Waals surface area contributed by atoms with Gasteiger partial charge in [-0.2, -0.15) is 0 Å². The molecule has 106 valence electrons. The van der Waals surface area contributed by atoms with Crippen molar-refractivity contribution < 1.29 is 8.78 Å². The topological polar surface area (TPSA) is 12.0 Å². The number of halogens is 3. The summed E-state index contributed by atoms with van der Waals surface area (Å²) in [4.78, 5) is 0. The molecule has 0 aromatic heterocycles. The Labute approximate surface area is 122 Å². The number of aryl methyl sites for hydroxylation is 1. The first-order valence-electron chi connectivity index (χ1n) is 6.38. The molecule has 1 nitrogen and oxygen atoms in total. The molecule has 0 aliphatic heterocycles. The van der Waals surface area contributed by atoms with Crippen molar-refractivity contribution >= 4 is 11.6 Å². The zero-order valence-corrected chi connectivity index (χ0v) is 12.1. The number of nitrogens with one attached hydrogen (secondary N) is 1. The molecule has 0 bridgehead atoms. The van der Waals surface area contributed by atoms with Crippen LogP contribution in [0.1, 0.15) is 22.7 Å². The molecule has 1 unspecified atom stereocenters. The van der Waals surface area contributed by atoms with Gasteiger partial charge in [0.1, 0.15) is 11.6 Å². The second kappa shape index (κ2) is 6.33. The Morgan fingerprint density at radius 1 is 1.15 bits per heavy atom. The van der Waals surface area contributed by atoms with Gasteiger partial charge in [-0.1, -0.05) is 17.7 Å². The van der Waals surface area contributed by atoms with Crippen LogP contribution < -0.4 is 5.32 Å². The van der Waals surface area contributed by atoms with Gasteiger partial charge in [0.25, 0.3) is 0 Å². The summed E-state index contributed by atoms with van der Waals surface area (Å²) in [7, 11) is 1.77. The van der Waals surface area contributed by atoms with Crippen LogP contribution in [0.3, 0.4) is 0 Å². The summed E-state index contributed by atoms with van der Waals surface area (Å²) in [6, 6.07) is 8.93. The van der Waals surface area contributed by atoms with Crippen LogP contribution in [-0.4, -0.2) is 7.05 Å². The largest absolute Gasteiger partial charge is 0.313 e. The molecule has 0 spiro atoms. The smallest absolute Gasteiger partial charge is 0.128 e. The molecule has 0 radical (unpaired) electrons. The molecule has 0 aliphatic rings. The van der Waals surface area contributed by atoms with Gasteiger partial charge in [-0.05, 0) is 61.9 Å². The number of rotatable bonds is 4. The number of likely N-dealkylation sites (N-methyl/N-ethyl adjacent to an activating group) is 1. The van der Waals surface area contributed by atoms with Crippen LogP contribution in [0.5, 0.6) is 0 Å². The average Bonchev–Trinajstić information content (AvgIpc) is 2.41. The maximum Gasteiger partial charge on any atom is 0.128 e. The Morgan fingerprint density at radius 3 is 2.55 bits per heavy atom. The van der Waals surface area contributed by atoms with Gasteiger partial charge in [-0.15, -0.1) is 0 Å². The Hall–Kier alpha value is -1.45. The highest BCUT2D eigenvalue weighted by molar-refractivity contribution is 6.30. The van der Waals surface area contributed by atoms with Crippen molar-refractivity contribution in [1.29, 1.82) is 0 Å². The van der Waals surface area contributed by atoms with E-state index < -0.39 is 0 Å². The predicted molar refractivity (Wildman–Crippen MR) is 78.1 cm³/mol. The summed E-state index contributed by atoms with van der Waals surface area (Å²) in [5, 5.41) is 3.58. The van der Waals surface area contributed by atoms with Crippen LogP contribution >= 0.6 is 11.6 Å². The minimum absolute atomic E-state index is 0.210. The fraction of sp³-hybridized carbons (Fsp3) is 0.250. The van der Waals surface area contributed by atoms with E-state index in [1.165, 1.54) is 24.3 Å². The van der Waals surface area contributed by atoms with Crippen molar-refractivity contribution in [2.24, 2.45) is 0 Å². The molecule has 2 rings (SSSR count). The van der Waals surface area contributed by atoms with Crippen molar-refractivity contribution in [3.8, 4) is 0 Å². The Balaban J connectivity index is 2.31. The standard InChI is InChI=1S/C16H16ClF2N/c1-10-7-13(18)5-3-11(10)8-16(20-2)14-9-12(17)4-6-15(14)19/h3-7,9,16,20H,8H2,1-2H3. The van der Waals surface area contributed by atoms with Gasteiger partial charge in [0, 0.05) is 16.6 Å². The van der Waals surface area contributed by atoms with Crippen LogP contribution in [0.2, 0.25) is 5.02 Å². The van der Waals surface area contributed by atoms with Crippen LogP contribution in [0.4, 0.5) is 8.78 Å². The number of benzene rings is 2. The lowest BCUT2D eigenvalue weighted by Gasteiger charge is -2.19. The van der Waals surface area contributed by atoms with E-state index in [4.69, 9.17) is 11.6 Å². The first-order chi connectivity index (χ1) is 9.51. The summed E-state index contributed by atoms with van der Waals surface area (Å²) in [6.07, 6.45) is 0.569. The van der Waals surface area contributed by atoms with Crippen LogP contribution in [-0.2, 0) is 6.42 Å². The molecule has 0 saturated heterocycles. The van der Waals surface area contributed by atoms with E-state index in [9.17, 15) is 8.78 Å². The minimum Gasteiger partial charge on any atom is -0.313 e. The molecule has 0 aliphatic carbocycles. The van der Waals surface area contributed by atoms with E-state index in [0.29, 0.717) is 17.0 Å². The van der Waals surface area contributed by atoms with E-state index in [-0.39, 0.29) is 17.7 Å². The Kier molecular flexibility index (Phi) is 4.73. The van der Waals surface area contributed by atoms with Crippen molar-refractivity contribution in [3.05, 3.63) is 69.7 Å². The lowest BCUT2D eigenvalue weighted by molar-refractivity contribution is 0.532. The van der Waals surface area contributed by atoms with Crippen LogP contribution in [0, 0.1) is 18.6 Å². The van der Waals surface area contributed by atoms with Crippen LogP contribution in [0.25, 0.3) is 0 Å².